The minimum atomic E-state index is -0.950. The molecule has 74 heavy (non-hydrogen) atoms. The van der Waals surface area contributed by atoms with Gasteiger partial charge in [0.05, 0.1) is 16.0 Å². The van der Waals surface area contributed by atoms with Crippen molar-refractivity contribution >= 4 is 41.6 Å². The van der Waals surface area contributed by atoms with E-state index in [0.29, 0.717) is 65.2 Å². The van der Waals surface area contributed by atoms with E-state index in [-0.39, 0.29) is 45.3 Å². The fraction of sp³-hybridized carbons (Fsp3) is 0.373. The van der Waals surface area contributed by atoms with E-state index in [2.05, 4.69) is 89.9 Å². The number of halogens is 2. The van der Waals surface area contributed by atoms with E-state index in [1.165, 1.54) is 0 Å². The van der Waals surface area contributed by atoms with Gasteiger partial charge in [-0.15, -0.1) is 0 Å². The molecule has 2 heterocycles. The van der Waals surface area contributed by atoms with Crippen LogP contribution in [0.3, 0.4) is 0 Å². The molecule has 392 valence electrons. The molecule has 15 heteroatoms. The van der Waals surface area contributed by atoms with Crippen LogP contribution < -0.4 is 24.3 Å². The summed E-state index contributed by atoms with van der Waals surface area (Å²) in [5, 5.41) is 24.0. The average Bonchev–Trinajstić information content (AvgIpc) is 3.36. The number of aliphatic hydroxyl groups is 1. The molecule has 0 aliphatic carbocycles. The second-order valence-electron chi connectivity index (χ2n) is 19.3. The molecular formula is C59H70Cl2N6O7. The number of nitrogens with zero attached hydrogens (tertiary/aromatic N) is 5. The number of carboxylic acids is 1. The van der Waals surface area contributed by atoms with Gasteiger partial charge in [-0.3, -0.25) is 29.6 Å². The molecule has 6 aromatic rings. The van der Waals surface area contributed by atoms with Crippen LogP contribution in [0.1, 0.15) is 89.8 Å². The highest BCUT2D eigenvalue weighted by molar-refractivity contribution is 6.32. The minimum absolute atomic E-state index is 0.149. The van der Waals surface area contributed by atoms with Crippen molar-refractivity contribution in [2.24, 2.45) is 27.7 Å². The maximum Gasteiger partial charge on any atom is 0.307 e. The lowest BCUT2D eigenvalue weighted by Crippen LogP contribution is -2.35. The van der Waals surface area contributed by atoms with E-state index < -0.39 is 11.9 Å². The molecule has 0 saturated heterocycles. The summed E-state index contributed by atoms with van der Waals surface area (Å²) in [4.78, 5) is 31.2. The Balaban J connectivity index is 1.22. The largest absolute Gasteiger partial charge is 0.488 e. The quantitative estimate of drug-likeness (QED) is 0.0401. The van der Waals surface area contributed by atoms with E-state index in [4.69, 9.17) is 42.1 Å². The van der Waals surface area contributed by atoms with Crippen molar-refractivity contribution in [3.63, 3.8) is 0 Å². The first kappa shape index (κ1) is 56.9. The molecule has 0 aliphatic heterocycles. The lowest BCUT2D eigenvalue weighted by atomic mass is 9.92. The molecule has 13 nitrogen and oxygen atoms in total. The Kier molecular flexibility index (Phi) is 21.8. The van der Waals surface area contributed by atoms with Crippen LogP contribution in [-0.4, -0.2) is 83.8 Å². The number of carboxylic acid groups (broad SMARTS) is 1. The lowest BCUT2D eigenvalue weighted by molar-refractivity contribution is -0.143. The van der Waals surface area contributed by atoms with Gasteiger partial charge in [0, 0.05) is 130 Å². The summed E-state index contributed by atoms with van der Waals surface area (Å²) in [5.41, 5.74) is 11.4. The van der Waals surface area contributed by atoms with Crippen LogP contribution in [0.2, 0.25) is 10.0 Å². The Hall–Kier alpha value is -6.35. The van der Waals surface area contributed by atoms with Gasteiger partial charge in [-0.1, -0.05) is 87.3 Å². The van der Waals surface area contributed by atoms with Crippen LogP contribution >= 0.6 is 23.2 Å². The summed E-state index contributed by atoms with van der Waals surface area (Å²) in [6, 6.07) is 23.8. The van der Waals surface area contributed by atoms with Crippen molar-refractivity contribution in [3.05, 3.63) is 163 Å². The van der Waals surface area contributed by atoms with Gasteiger partial charge in [-0.2, -0.15) is 0 Å². The summed E-state index contributed by atoms with van der Waals surface area (Å²) < 4.78 is 26.0. The molecule has 2 aromatic heterocycles. The third-order valence-corrected chi connectivity index (χ3v) is 12.9. The lowest BCUT2D eigenvalue weighted by Gasteiger charge is -2.28. The highest BCUT2D eigenvalue weighted by Crippen LogP contribution is 2.38. The van der Waals surface area contributed by atoms with Crippen molar-refractivity contribution in [2.75, 3.05) is 40.3 Å². The average molecular weight is 1050 g/mol. The topological polar surface area (TPSA) is 160 Å². The second-order valence-corrected chi connectivity index (χ2v) is 20.1. The Bertz CT molecular complexity index is 2870. The van der Waals surface area contributed by atoms with Crippen molar-refractivity contribution in [2.45, 2.75) is 87.5 Å². The minimum Gasteiger partial charge on any atom is -0.488 e. The zero-order chi connectivity index (χ0) is 53.1. The third kappa shape index (κ3) is 16.6. The highest BCUT2D eigenvalue weighted by atomic mass is 35.5. The van der Waals surface area contributed by atoms with Crippen LogP contribution in [0.25, 0.3) is 11.1 Å². The Morgan fingerprint density at radius 3 is 1.64 bits per heavy atom. The van der Waals surface area contributed by atoms with Crippen molar-refractivity contribution < 1.29 is 34.0 Å². The van der Waals surface area contributed by atoms with Crippen LogP contribution in [0, 0.1) is 31.6 Å². The highest BCUT2D eigenvalue weighted by Gasteiger charge is 2.24. The molecule has 0 bridgehead atoms. The number of aliphatic hydroxyl groups excluding tert-OH is 1. The van der Waals surface area contributed by atoms with Crippen molar-refractivity contribution in [1.82, 2.24) is 20.2 Å². The molecule has 0 amide bonds. The number of ether oxygens (including phenoxy) is 4. The molecule has 0 saturated carbocycles. The smallest absolute Gasteiger partial charge is 0.307 e. The summed E-state index contributed by atoms with van der Waals surface area (Å²) in [6.07, 6.45) is 10.7. The van der Waals surface area contributed by atoms with Gasteiger partial charge in [0.1, 0.15) is 49.4 Å². The van der Waals surface area contributed by atoms with Crippen molar-refractivity contribution in [3.8, 4) is 34.1 Å². The number of pyridine rings is 2. The van der Waals surface area contributed by atoms with Gasteiger partial charge in [0.25, 0.3) is 0 Å². The normalized spacial score (nSPS) is 12.1. The Labute approximate surface area is 446 Å². The number of benzene rings is 4. The number of aliphatic imine (C=N–C) groups is 2. The predicted octanol–water partition coefficient (Wildman–Crippen LogP) is 11.8. The van der Waals surface area contributed by atoms with Gasteiger partial charge in [-0.05, 0) is 96.3 Å². The van der Waals surface area contributed by atoms with E-state index in [1.807, 2.05) is 54.6 Å². The first-order valence-corrected chi connectivity index (χ1v) is 25.7. The standard InChI is InChI=1S/C59H70Cl2N6O7/c1-38(2)23-64-30-49-19-53(60)57(21-55(49)71-34-44-17-42(24-62-7)26-65-28-44)73-36-47-11-9-13-51(40(47)5)52-14-10-12-48(41(52)6)37-74-58-22-56(72-35-45-18-43(25-63-8)27-66-29-45)50(20-54(58)61)33-67(31-39(3)4)32-46(15-16-68)59(69)70/h9-14,17-22,24-29,38-39,46,64,68H,15-16,23,30-37H2,1-8H3,(H,69,70)/b62-24+,63-25+. The number of hydrogen-bond acceptors (Lipinski definition) is 12. The Morgan fingerprint density at radius 1 is 0.662 bits per heavy atom. The molecule has 6 rings (SSSR count). The third-order valence-electron chi connectivity index (χ3n) is 12.3. The fourth-order valence-electron chi connectivity index (χ4n) is 8.63. The summed E-state index contributed by atoms with van der Waals surface area (Å²) in [7, 11) is 3.44. The van der Waals surface area contributed by atoms with Crippen LogP contribution in [0.4, 0.5) is 0 Å². The van der Waals surface area contributed by atoms with E-state index in [9.17, 15) is 15.0 Å². The number of rotatable bonds is 28. The van der Waals surface area contributed by atoms with Gasteiger partial charge < -0.3 is 34.5 Å². The van der Waals surface area contributed by atoms with Gasteiger partial charge in [0.2, 0.25) is 0 Å². The SMILES string of the molecule is C/N=C/c1cncc(COc2cc(OCc3cccc(-c4cccc(COc5cc(OCc6cncc(/C=N/C)c6)c(CN(CC(C)C)CC(CCO)C(=O)O)cc5Cl)c4C)c3C)c(Cl)cc2CNCC(C)C)c1. The number of aromatic nitrogens is 2. The number of aliphatic carboxylic acids is 1. The molecule has 1 unspecified atom stereocenters. The molecule has 4 aromatic carbocycles. The maximum atomic E-state index is 12.2. The van der Waals surface area contributed by atoms with Gasteiger partial charge >= 0.3 is 5.97 Å². The first-order valence-electron chi connectivity index (χ1n) is 25.0. The van der Waals surface area contributed by atoms with Crippen LogP contribution in [-0.2, 0) is 44.3 Å². The maximum absolute atomic E-state index is 12.2. The molecule has 0 radical (unpaired) electrons. The van der Waals surface area contributed by atoms with Crippen molar-refractivity contribution in [1.29, 1.82) is 0 Å². The predicted molar refractivity (Wildman–Crippen MR) is 297 cm³/mol. The van der Waals surface area contributed by atoms with E-state index in [1.54, 1.807) is 51.3 Å². The zero-order valence-corrected chi connectivity index (χ0v) is 45.3. The number of carbonyl (C=O) groups is 1. The zero-order valence-electron chi connectivity index (χ0n) is 43.8. The number of nitrogens with one attached hydrogen (secondary N) is 1. The molecule has 0 spiro atoms. The summed E-state index contributed by atoms with van der Waals surface area (Å²) >= 11 is 14.0. The molecular weight excluding hydrogens is 976 g/mol. The van der Waals surface area contributed by atoms with Gasteiger partial charge in [0.15, 0.2) is 0 Å². The number of hydrogen-bond donors (Lipinski definition) is 3. The van der Waals surface area contributed by atoms with Gasteiger partial charge in [-0.25, -0.2) is 0 Å². The van der Waals surface area contributed by atoms with Crippen LogP contribution in [0.15, 0.2) is 108 Å². The monoisotopic (exact) mass is 1040 g/mol. The fourth-order valence-corrected chi connectivity index (χ4v) is 9.11. The molecule has 1 atom stereocenters. The Morgan fingerprint density at radius 2 is 1.16 bits per heavy atom. The second kappa shape index (κ2) is 28.4. The summed E-state index contributed by atoms with van der Waals surface area (Å²) in [5.74, 6) is 1.21. The van der Waals surface area contributed by atoms with E-state index >= 15 is 0 Å². The first-order chi connectivity index (χ1) is 35.6. The molecule has 3 N–H and O–H groups in total. The molecule has 0 aliphatic rings. The summed E-state index contributed by atoms with van der Waals surface area (Å²) in [6.45, 7) is 16.2. The van der Waals surface area contributed by atoms with Crippen LogP contribution in [0.5, 0.6) is 23.0 Å². The molecule has 0 fully saturated rings. The van der Waals surface area contributed by atoms with E-state index in [0.717, 1.165) is 73.3 Å².